The Morgan fingerprint density at radius 1 is 1.70 bits per heavy atom. The lowest BCUT2D eigenvalue weighted by Crippen LogP contribution is -2.26. The van der Waals surface area contributed by atoms with Crippen molar-refractivity contribution in [3.05, 3.63) is 12.2 Å². The van der Waals surface area contributed by atoms with Gasteiger partial charge in [-0.3, -0.25) is 4.79 Å². The molecule has 0 aromatic rings. The van der Waals surface area contributed by atoms with Gasteiger partial charge in [0, 0.05) is 13.7 Å². The highest BCUT2D eigenvalue weighted by Crippen LogP contribution is 1.70. The predicted octanol–water partition coefficient (Wildman–Crippen LogP) is 0.325. The van der Waals surface area contributed by atoms with E-state index < -0.39 is 0 Å². The van der Waals surface area contributed by atoms with Gasteiger partial charge in [-0.2, -0.15) is 0 Å². The van der Waals surface area contributed by atoms with Crippen LogP contribution >= 0.6 is 0 Å². The SMILES string of the molecule is CC=CCNC(=O)COC. The van der Waals surface area contributed by atoms with Crippen molar-refractivity contribution in [1.29, 1.82) is 0 Å². The highest BCUT2D eigenvalue weighted by molar-refractivity contribution is 5.77. The minimum absolute atomic E-state index is 0.0828. The molecule has 0 rings (SSSR count). The van der Waals surface area contributed by atoms with Crippen LogP contribution in [0.25, 0.3) is 0 Å². The molecule has 3 heteroatoms. The lowest BCUT2D eigenvalue weighted by molar-refractivity contribution is -0.124. The standard InChI is InChI=1S/C7H13NO2/c1-3-4-5-8-7(9)6-10-2/h3-4H,5-6H2,1-2H3,(H,8,9). The Morgan fingerprint density at radius 2 is 2.40 bits per heavy atom. The number of carbonyl (C=O) groups excluding carboxylic acids is 1. The molecule has 0 aliphatic carbocycles. The molecule has 0 atom stereocenters. The molecular formula is C7H13NO2. The molecule has 0 aliphatic rings. The van der Waals surface area contributed by atoms with Gasteiger partial charge in [-0.05, 0) is 6.92 Å². The normalized spacial score (nSPS) is 10.2. The van der Waals surface area contributed by atoms with Gasteiger partial charge in [0.15, 0.2) is 0 Å². The number of ether oxygens (including phenoxy) is 1. The second-order valence-electron chi connectivity index (χ2n) is 1.81. The first kappa shape index (κ1) is 9.17. The topological polar surface area (TPSA) is 38.3 Å². The summed E-state index contributed by atoms with van der Waals surface area (Å²) in [5.74, 6) is -0.0828. The van der Waals surface area contributed by atoms with E-state index in [1.807, 2.05) is 19.1 Å². The molecule has 0 unspecified atom stereocenters. The van der Waals surface area contributed by atoms with E-state index in [9.17, 15) is 4.79 Å². The molecule has 0 aromatic heterocycles. The molecule has 0 aromatic carbocycles. The summed E-state index contributed by atoms with van der Waals surface area (Å²) in [6, 6.07) is 0. The summed E-state index contributed by atoms with van der Waals surface area (Å²) in [4.78, 5) is 10.6. The van der Waals surface area contributed by atoms with Crippen LogP contribution in [-0.4, -0.2) is 26.2 Å². The van der Waals surface area contributed by atoms with E-state index in [2.05, 4.69) is 10.1 Å². The molecule has 58 valence electrons. The van der Waals surface area contributed by atoms with Crippen LogP contribution in [0.5, 0.6) is 0 Å². The van der Waals surface area contributed by atoms with E-state index in [0.717, 1.165) is 0 Å². The highest BCUT2D eigenvalue weighted by Gasteiger charge is 1.94. The van der Waals surface area contributed by atoms with Crippen LogP contribution in [0.3, 0.4) is 0 Å². The second kappa shape index (κ2) is 6.29. The van der Waals surface area contributed by atoms with Crippen LogP contribution in [0.15, 0.2) is 12.2 Å². The number of carbonyl (C=O) groups is 1. The summed E-state index contributed by atoms with van der Waals surface area (Å²) in [7, 11) is 1.50. The molecule has 0 aliphatic heterocycles. The number of amides is 1. The molecule has 0 fully saturated rings. The van der Waals surface area contributed by atoms with E-state index in [-0.39, 0.29) is 12.5 Å². The first-order valence-corrected chi connectivity index (χ1v) is 3.18. The molecule has 0 saturated carbocycles. The largest absolute Gasteiger partial charge is 0.375 e. The molecule has 0 spiro atoms. The van der Waals surface area contributed by atoms with Gasteiger partial charge in [0.2, 0.25) is 5.91 Å². The summed E-state index contributed by atoms with van der Waals surface area (Å²) in [6.45, 7) is 2.62. The number of nitrogens with one attached hydrogen (secondary N) is 1. The summed E-state index contributed by atoms with van der Waals surface area (Å²) < 4.78 is 4.60. The Balaban J connectivity index is 3.21. The molecule has 3 nitrogen and oxygen atoms in total. The molecule has 0 heterocycles. The third kappa shape index (κ3) is 5.31. The van der Waals surface area contributed by atoms with Gasteiger partial charge in [-0.25, -0.2) is 0 Å². The molecule has 1 N–H and O–H groups in total. The van der Waals surface area contributed by atoms with Crippen molar-refractivity contribution in [1.82, 2.24) is 5.32 Å². The number of allylic oxidation sites excluding steroid dienone is 1. The number of hydrogen-bond acceptors (Lipinski definition) is 2. The second-order valence-corrected chi connectivity index (χ2v) is 1.81. The number of hydrogen-bond donors (Lipinski definition) is 1. The first-order chi connectivity index (χ1) is 4.81. The van der Waals surface area contributed by atoms with Crippen molar-refractivity contribution in [3.63, 3.8) is 0 Å². The summed E-state index contributed by atoms with van der Waals surface area (Å²) in [5.41, 5.74) is 0. The van der Waals surface area contributed by atoms with Gasteiger partial charge < -0.3 is 10.1 Å². The maximum absolute atomic E-state index is 10.6. The van der Waals surface area contributed by atoms with Gasteiger partial charge in [-0.1, -0.05) is 12.2 Å². The van der Waals surface area contributed by atoms with Crippen LogP contribution < -0.4 is 5.32 Å². The number of methoxy groups -OCH3 is 1. The van der Waals surface area contributed by atoms with Crippen molar-refractivity contribution >= 4 is 5.91 Å². The summed E-state index contributed by atoms with van der Waals surface area (Å²) in [6.07, 6.45) is 3.75. The van der Waals surface area contributed by atoms with Crippen LogP contribution in [0.4, 0.5) is 0 Å². The van der Waals surface area contributed by atoms with Gasteiger partial charge in [0.25, 0.3) is 0 Å². The zero-order valence-electron chi connectivity index (χ0n) is 6.39. The van der Waals surface area contributed by atoms with Crippen LogP contribution in [0.1, 0.15) is 6.92 Å². The van der Waals surface area contributed by atoms with E-state index in [4.69, 9.17) is 0 Å². The first-order valence-electron chi connectivity index (χ1n) is 3.18. The Morgan fingerprint density at radius 3 is 2.90 bits per heavy atom. The van der Waals surface area contributed by atoms with E-state index in [0.29, 0.717) is 6.54 Å². The zero-order valence-corrected chi connectivity index (χ0v) is 6.39. The predicted molar refractivity (Wildman–Crippen MR) is 39.7 cm³/mol. The van der Waals surface area contributed by atoms with Gasteiger partial charge in [0.05, 0.1) is 0 Å². The van der Waals surface area contributed by atoms with E-state index in [1.54, 1.807) is 0 Å². The van der Waals surface area contributed by atoms with Gasteiger partial charge in [0.1, 0.15) is 6.61 Å². The Labute approximate surface area is 61.1 Å². The van der Waals surface area contributed by atoms with Crippen molar-refractivity contribution in [3.8, 4) is 0 Å². The Kier molecular flexibility index (Phi) is 5.77. The Bertz CT molecular complexity index is 121. The monoisotopic (exact) mass is 143 g/mol. The van der Waals surface area contributed by atoms with Crippen LogP contribution in [-0.2, 0) is 9.53 Å². The third-order valence-corrected chi connectivity index (χ3v) is 0.928. The molecule has 10 heavy (non-hydrogen) atoms. The fourth-order valence-electron chi connectivity index (χ4n) is 0.473. The maximum atomic E-state index is 10.6. The average molecular weight is 143 g/mol. The van der Waals surface area contributed by atoms with Crippen LogP contribution in [0.2, 0.25) is 0 Å². The minimum atomic E-state index is -0.0828. The summed E-state index contributed by atoms with van der Waals surface area (Å²) >= 11 is 0. The van der Waals surface area contributed by atoms with Crippen LogP contribution in [0, 0.1) is 0 Å². The van der Waals surface area contributed by atoms with Crippen molar-refractivity contribution < 1.29 is 9.53 Å². The molecule has 0 bridgehead atoms. The quantitative estimate of drug-likeness (QED) is 0.576. The number of rotatable bonds is 4. The van der Waals surface area contributed by atoms with Gasteiger partial charge >= 0.3 is 0 Å². The third-order valence-electron chi connectivity index (χ3n) is 0.928. The Hall–Kier alpha value is -0.830. The van der Waals surface area contributed by atoms with E-state index in [1.165, 1.54) is 7.11 Å². The van der Waals surface area contributed by atoms with Crippen molar-refractivity contribution in [2.24, 2.45) is 0 Å². The molecule has 0 radical (unpaired) electrons. The molecule has 0 saturated heterocycles. The maximum Gasteiger partial charge on any atom is 0.246 e. The van der Waals surface area contributed by atoms with Crippen molar-refractivity contribution in [2.75, 3.05) is 20.3 Å². The fourth-order valence-corrected chi connectivity index (χ4v) is 0.473. The van der Waals surface area contributed by atoms with E-state index >= 15 is 0 Å². The lowest BCUT2D eigenvalue weighted by Gasteiger charge is -1.98. The lowest BCUT2D eigenvalue weighted by atomic mass is 10.5. The molecule has 1 amide bonds. The minimum Gasteiger partial charge on any atom is -0.375 e. The highest BCUT2D eigenvalue weighted by atomic mass is 16.5. The summed E-state index contributed by atoms with van der Waals surface area (Å²) in [5, 5.41) is 2.63. The van der Waals surface area contributed by atoms with Crippen molar-refractivity contribution in [2.45, 2.75) is 6.92 Å². The average Bonchev–Trinajstić information content (AvgIpc) is 1.89. The van der Waals surface area contributed by atoms with Gasteiger partial charge in [-0.15, -0.1) is 0 Å². The zero-order chi connectivity index (χ0) is 7.82. The smallest absolute Gasteiger partial charge is 0.246 e. The molecular weight excluding hydrogens is 130 g/mol. The fraction of sp³-hybridized carbons (Fsp3) is 0.571.